The van der Waals surface area contributed by atoms with Crippen LogP contribution < -0.4 is 5.32 Å². The Labute approximate surface area is 124 Å². The summed E-state index contributed by atoms with van der Waals surface area (Å²) in [5.74, 6) is 1.97. The highest BCUT2D eigenvalue weighted by Crippen LogP contribution is 2.36. The largest absolute Gasteiger partial charge is 0.313 e. The number of aromatic nitrogens is 1. The minimum absolute atomic E-state index is 0.559. The van der Waals surface area contributed by atoms with E-state index in [2.05, 4.69) is 45.1 Å². The Morgan fingerprint density at radius 3 is 2.85 bits per heavy atom. The predicted octanol–water partition coefficient (Wildman–Crippen LogP) is 4.16. The van der Waals surface area contributed by atoms with Gasteiger partial charge in [0.05, 0.1) is 0 Å². The molecule has 1 aliphatic rings. The minimum atomic E-state index is 0.559. The van der Waals surface area contributed by atoms with Gasteiger partial charge in [0.2, 0.25) is 0 Å². The molecule has 2 heteroatoms. The first-order valence-corrected chi connectivity index (χ1v) is 8.32. The van der Waals surface area contributed by atoms with Gasteiger partial charge in [0.25, 0.3) is 0 Å². The van der Waals surface area contributed by atoms with E-state index in [-0.39, 0.29) is 0 Å². The van der Waals surface area contributed by atoms with Crippen LogP contribution >= 0.6 is 0 Å². The van der Waals surface area contributed by atoms with E-state index in [4.69, 9.17) is 4.98 Å². The standard InChI is InChI=1S/C18H30N2/c1-5-11-19-17(14(4)13(2)3)16-10-6-8-15-9-7-12-20-18(15)16/h7,9,12-14,16-17,19H,5-6,8,10-11H2,1-4H3. The van der Waals surface area contributed by atoms with Gasteiger partial charge in [0, 0.05) is 23.9 Å². The fourth-order valence-electron chi connectivity index (χ4n) is 3.42. The highest BCUT2D eigenvalue weighted by molar-refractivity contribution is 5.27. The van der Waals surface area contributed by atoms with Crippen LogP contribution in [-0.4, -0.2) is 17.6 Å². The monoisotopic (exact) mass is 274 g/mol. The van der Waals surface area contributed by atoms with Gasteiger partial charge >= 0.3 is 0 Å². The molecule has 2 nitrogen and oxygen atoms in total. The first-order chi connectivity index (χ1) is 9.65. The fraction of sp³-hybridized carbons (Fsp3) is 0.722. The number of hydrogen-bond acceptors (Lipinski definition) is 2. The summed E-state index contributed by atoms with van der Waals surface area (Å²) in [6.07, 6.45) is 6.95. The fourth-order valence-corrected chi connectivity index (χ4v) is 3.42. The molecule has 20 heavy (non-hydrogen) atoms. The molecule has 0 amide bonds. The molecule has 1 N–H and O–H groups in total. The van der Waals surface area contributed by atoms with Gasteiger partial charge in [-0.1, -0.05) is 33.8 Å². The lowest BCUT2D eigenvalue weighted by atomic mass is 9.75. The van der Waals surface area contributed by atoms with Crippen molar-refractivity contribution in [1.82, 2.24) is 10.3 Å². The summed E-state index contributed by atoms with van der Waals surface area (Å²) in [5.41, 5.74) is 2.84. The lowest BCUT2D eigenvalue weighted by molar-refractivity contribution is 0.246. The molecule has 3 atom stereocenters. The Hall–Kier alpha value is -0.890. The van der Waals surface area contributed by atoms with E-state index >= 15 is 0 Å². The molecule has 1 heterocycles. The van der Waals surface area contributed by atoms with E-state index in [1.807, 2.05) is 6.20 Å². The van der Waals surface area contributed by atoms with E-state index in [0.29, 0.717) is 23.8 Å². The zero-order valence-corrected chi connectivity index (χ0v) is 13.5. The second kappa shape index (κ2) is 7.21. The van der Waals surface area contributed by atoms with Crippen molar-refractivity contribution in [1.29, 1.82) is 0 Å². The maximum Gasteiger partial charge on any atom is 0.0482 e. The SMILES string of the molecule is CCCNC(C1CCCc2cccnc21)C(C)C(C)C. The topological polar surface area (TPSA) is 24.9 Å². The third kappa shape index (κ3) is 3.41. The molecule has 1 aromatic heterocycles. The summed E-state index contributed by atoms with van der Waals surface area (Å²) in [4.78, 5) is 4.73. The quantitative estimate of drug-likeness (QED) is 0.842. The van der Waals surface area contributed by atoms with Crippen LogP contribution in [0.15, 0.2) is 18.3 Å². The number of nitrogens with zero attached hydrogens (tertiary/aromatic N) is 1. The molecule has 0 saturated heterocycles. The van der Waals surface area contributed by atoms with Crippen molar-refractivity contribution in [2.45, 2.75) is 65.3 Å². The van der Waals surface area contributed by atoms with E-state index in [1.165, 1.54) is 36.9 Å². The lowest BCUT2D eigenvalue weighted by Gasteiger charge is -2.37. The van der Waals surface area contributed by atoms with Gasteiger partial charge in [-0.25, -0.2) is 0 Å². The maximum absolute atomic E-state index is 4.73. The summed E-state index contributed by atoms with van der Waals surface area (Å²) < 4.78 is 0. The first-order valence-electron chi connectivity index (χ1n) is 8.32. The Morgan fingerprint density at radius 1 is 1.35 bits per heavy atom. The zero-order chi connectivity index (χ0) is 14.5. The number of pyridine rings is 1. The van der Waals surface area contributed by atoms with Crippen LogP contribution in [0.2, 0.25) is 0 Å². The van der Waals surface area contributed by atoms with Crippen molar-refractivity contribution < 1.29 is 0 Å². The van der Waals surface area contributed by atoms with Crippen LogP contribution in [0.4, 0.5) is 0 Å². The molecule has 112 valence electrons. The summed E-state index contributed by atoms with van der Waals surface area (Å²) >= 11 is 0. The van der Waals surface area contributed by atoms with Crippen LogP contribution in [0.25, 0.3) is 0 Å². The molecule has 0 aliphatic heterocycles. The van der Waals surface area contributed by atoms with Gasteiger partial charge in [-0.15, -0.1) is 0 Å². The molecule has 0 aromatic carbocycles. The highest BCUT2D eigenvalue weighted by atomic mass is 14.9. The summed E-state index contributed by atoms with van der Waals surface area (Å²) in [5, 5.41) is 3.82. The highest BCUT2D eigenvalue weighted by Gasteiger charge is 2.32. The molecule has 1 aromatic rings. The van der Waals surface area contributed by atoms with Gasteiger partial charge in [-0.3, -0.25) is 4.98 Å². The maximum atomic E-state index is 4.73. The molecule has 0 spiro atoms. The van der Waals surface area contributed by atoms with E-state index in [9.17, 15) is 0 Å². The normalized spacial score (nSPS) is 21.6. The van der Waals surface area contributed by atoms with Crippen LogP contribution in [0, 0.1) is 11.8 Å². The van der Waals surface area contributed by atoms with Gasteiger partial charge in [-0.2, -0.15) is 0 Å². The number of aryl methyl sites for hydroxylation is 1. The number of rotatable bonds is 6. The molecule has 0 saturated carbocycles. The molecule has 2 rings (SSSR count). The third-order valence-electron chi connectivity index (χ3n) is 4.92. The Kier molecular flexibility index (Phi) is 5.59. The van der Waals surface area contributed by atoms with E-state index in [0.717, 1.165) is 6.54 Å². The smallest absolute Gasteiger partial charge is 0.0482 e. The summed E-state index contributed by atoms with van der Waals surface area (Å²) in [7, 11) is 0. The predicted molar refractivity (Wildman–Crippen MR) is 86.0 cm³/mol. The van der Waals surface area contributed by atoms with Crippen LogP contribution in [0.1, 0.15) is 64.1 Å². The van der Waals surface area contributed by atoms with Crippen LogP contribution in [-0.2, 0) is 6.42 Å². The third-order valence-corrected chi connectivity index (χ3v) is 4.92. The number of fused-ring (bicyclic) bond motifs is 1. The molecule has 0 fully saturated rings. The van der Waals surface area contributed by atoms with Crippen molar-refractivity contribution in [2.75, 3.05) is 6.54 Å². The average Bonchev–Trinajstić information content (AvgIpc) is 2.47. The van der Waals surface area contributed by atoms with Gasteiger partial charge in [0.15, 0.2) is 0 Å². The van der Waals surface area contributed by atoms with Crippen molar-refractivity contribution in [2.24, 2.45) is 11.8 Å². The second-order valence-electron chi connectivity index (χ2n) is 6.63. The van der Waals surface area contributed by atoms with Crippen LogP contribution in [0.3, 0.4) is 0 Å². The van der Waals surface area contributed by atoms with Gasteiger partial charge < -0.3 is 5.32 Å². The first kappa shape index (κ1) is 15.5. The number of hydrogen-bond donors (Lipinski definition) is 1. The zero-order valence-electron chi connectivity index (χ0n) is 13.5. The van der Waals surface area contributed by atoms with E-state index in [1.54, 1.807) is 0 Å². The summed E-state index contributed by atoms with van der Waals surface area (Å²) in [6, 6.07) is 4.91. The van der Waals surface area contributed by atoms with Crippen molar-refractivity contribution in [3.8, 4) is 0 Å². The Bertz CT molecular complexity index is 414. The molecule has 3 unspecified atom stereocenters. The average molecular weight is 274 g/mol. The minimum Gasteiger partial charge on any atom is -0.313 e. The van der Waals surface area contributed by atoms with Gasteiger partial charge in [-0.05, 0) is 55.7 Å². The van der Waals surface area contributed by atoms with Crippen molar-refractivity contribution in [3.05, 3.63) is 29.6 Å². The molecule has 1 aliphatic carbocycles. The van der Waals surface area contributed by atoms with Crippen molar-refractivity contribution in [3.63, 3.8) is 0 Å². The summed E-state index contributed by atoms with van der Waals surface area (Å²) in [6.45, 7) is 10.4. The Balaban J connectivity index is 2.25. The van der Waals surface area contributed by atoms with Crippen molar-refractivity contribution >= 4 is 0 Å². The molecule has 0 radical (unpaired) electrons. The second-order valence-corrected chi connectivity index (χ2v) is 6.63. The van der Waals surface area contributed by atoms with Gasteiger partial charge in [0.1, 0.15) is 0 Å². The molecule has 0 bridgehead atoms. The molecular weight excluding hydrogens is 244 g/mol. The van der Waals surface area contributed by atoms with E-state index < -0.39 is 0 Å². The lowest BCUT2D eigenvalue weighted by Crippen LogP contribution is -2.43. The Morgan fingerprint density at radius 2 is 2.15 bits per heavy atom. The number of nitrogens with one attached hydrogen (secondary N) is 1. The molecular formula is C18H30N2. The van der Waals surface area contributed by atoms with Crippen LogP contribution in [0.5, 0.6) is 0 Å².